The number of hydrogen-bond donors (Lipinski definition) is 0. The van der Waals surface area contributed by atoms with Gasteiger partial charge in [-0.15, -0.1) is 0 Å². The lowest BCUT2D eigenvalue weighted by Gasteiger charge is -2.20. The topological polar surface area (TPSA) is 18.5 Å². The van der Waals surface area contributed by atoms with E-state index in [1.165, 1.54) is 5.56 Å². The second-order valence-electron chi connectivity index (χ2n) is 4.83. The van der Waals surface area contributed by atoms with Crippen molar-refractivity contribution in [1.29, 1.82) is 0 Å². The molecule has 1 aliphatic rings. The van der Waals surface area contributed by atoms with E-state index in [1.54, 1.807) is 14.2 Å². The Hall–Kier alpha value is -0.410. The van der Waals surface area contributed by atoms with E-state index in [9.17, 15) is 0 Å². The molecule has 0 spiro atoms. The van der Waals surface area contributed by atoms with Crippen molar-refractivity contribution in [2.24, 2.45) is 5.92 Å². The molecule has 0 amide bonds. The summed E-state index contributed by atoms with van der Waals surface area (Å²) >= 11 is 10.2. The van der Waals surface area contributed by atoms with Gasteiger partial charge in [0.1, 0.15) is 0 Å². The van der Waals surface area contributed by atoms with Crippen LogP contribution in [0.1, 0.15) is 35.7 Å². The van der Waals surface area contributed by atoms with Crippen molar-refractivity contribution in [2.45, 2.75) is 31.0 Å². The van der Waals surface area contributed by atoms with Crippen LogP contribution < -0.4 is 9.47 Å². The molecule has 1 aliphatic carbocycles. The Morgan fingerprint density at radius 3 is 2.67 bits per heavy atom. The Balaban J connectivity index is 2.62. The smallest absolute Gasteiger partial charge is 0.165 e. The molecule has 0 aliphatic heterocycles. The summed E-state index contributed by atoms with van der Waals surface area (Å²) in [6.45, 7) is 2.28. The minimum atomic E-state index is 0.271. The summed E-state index contributed by atoms with van der Waals surface area (Å²) in [4.78, 5) is 0.271. The van der Waals surface area contributed by atoms with Crippen LogP contribution in [-0.2, 0) is 6.42 Å². The van der Waals surface area contributed by atoms with Crippen molar-refractivity contribution in [3.8, 4) is 11.5 Å². The van der Waals surface area contributed by atoms with Crippen LogP contribution in [0.15, 0.2) is 6.07 Å². The highest BCUT2D eigenvalue weighted by atomic mass is 79.9. The molecule has 0 fully saturated rings. The Labute approximate surface area is 122 Å². The van der Waals surface area contributed by atoms with Crippen LogP contribution >= 0.6 is 27.5 Å². The maximum absolute atomic E-state index is 6.38. The fourth-order valence-electron chi connectivity index (χ4n) is 2.59. The molecule has 2 nitrogen and oxygen atoms in total. The zero-order chi connectivity index (χ0) is 13.3. The summed E-state index contributed by atoms with van der Waals surface area (Å²) in [5.74, 6) is 2.20. The number of ether oxygens (including phenoxy) is 2. The van der Waals surface area contributed by atoms with E-state index in [1.807, 2.05) is 6.07 Å². The van der Waals surface area contributed by atoms with Crippen molar-refractivity contribution < 1.29 is 9.47 Å². The van der Waals surface area contributed by atoms with E-state index in [-0.39, 0.29) is 4.83 Å². The van der Waals surface area contributed by atoms with Gasteiger partial charge in [-0.2, -0.15) is 0 Å². The summed E-state index contributed by atoms with van der Waals surface area (Å²) in [5.41, 5.74) is 2.35. The van der Waals surface area contributed by atoms with Gasteiger partial charge in [0.05, 0.1) is 14.2 Å². The van der Waals surface area contributed by atoms with Gasteiger partial charge in [-0.25, -0.2) is 0 Å². The number of fused-ring (bicyclic) bond motifs is 1. The molecule has 0 heterocycles. The standard InChI is InChI=1S/C14H18BrClO2/c1-8-4-5-9-11(16)7-12(17-2)14(18-3)13(9)10(15)6-8/h7-8,10H,4-6H2,1-3H3. The lowest BCUT2D eigenvalue weighted by atomic mass is 10.0. The molecule has 2 atom stereocenters. The van der Waals surface area contributed by atoms with Crippen LogP contribution in [0.5, 0.6) is 11.5 Å². The number of rotatable bonds is 2. The minimum Gasteiger partial charge on any atom is -0.493 e. The highest BCUT2D eigenvalue weighted by Gasteiger charge is 2.28. The van der Waals surface area contributed by atoms with Gasteiger partial charge < -0.3 is 9.47 Å². The first-order chi connectivity index (χ1) is 8.58. The van der Waals surface area contributed by atoms with Crippen LogP contribution in [0, 0.1) is 5.92 Å². The van der Waals surface area contributed by atoms with Crippen molar-refractivity contribution in [1.82, 2.24) is 0 Å². The Morgan fingerprint density at radius 2 is 2.06 bits per heavy atom. The van der Waals surface area contributed by atoms with Crippen molar-refractivity contribution in [3.63, 3.8) is 0 Å². The van der Waals surface area contributed by atoms with E-state index in [4.69, 9.17) is 21.1 Å². The number of benzene rings is 1. The molecule has 0 bridgehead atoms. The number of alkyl halides is 1. The summed E-state index contributed by atoms with van der Waals surface area (Å²) < 4.78 is 10.9. The molecule has 0 aromatic heterocycles. The quantitative estimate of drug-likeness (QED) is 0.573. The minimum absolute atomic E-state index is 0.271. The van der Waals surface area contributed by atoms with Gasteiger partial charge in [-0.1, -0.05) is 34.5 Å². The van der Waals surface area contributed by atoms with Crippen LogP contribution in [0.25, 0.3) is 0 Å². The van der Waals surface area contributed by atoms with Gasteiger partial charge >= 0.3 is 0 Å². The summed E-state index contributed by atoms with van der Waals surface area (Å²) in [5, 5.41) is 0.779. The third-order valence-corrected chi connectivity index (χ3v) is 4.74. The zero-order valence-corrected chi connectivity index (χ0v) is 13.3. The second kappa shape index (κ2) is 5.70. The molecule has 0 radical (unpaired) electrons. The molecule has 1 aromatic rings. The van der Waals surface area contributed by atoms with E-state index < -0.39 is 0 Å². The molecule has 0 saturated carbocycles. The van der Waals surface area contributed by atoms with E-state index in [0.29, 0.717) is 11.7 Å². The van der Waals surface area contributed by atoms with Crippen molar-refractivity contribution in [3.05, 3.63) is 22.2 Å². The predicted octanol–water partition coefficient (Wildman–Crippen LogP) is 4.77. The largest absolute Gasteiger partial charge is 0.493 e. The van der Waals surface area contributed by atoms with Crippen LogP contribution in [0.4, 0.5) is 0 Å². The third-order valence-electron chi connectivity index (χ3n) is 3.57. The van der Waals surface area contributed by atoms with Crippen LogP contribution in [0.2, 0.25) is 5.02 Å². The lowest BCUT2D eigenvalue weighted by Crippen LogP contribution is -2.02. The fraction of sp³-hybridized carbons (Fsp3) is 0.571. The zero-order valence-electron chi connectivity index (χ0n) is 10.9. The highest BCUT2D eigenvalue weighted by molar-refractivity contribution is 9.09. The monoisotopic (exact) mass is 332 g/mol. The predicted molar refractivity (Wildman–Crippen MR) is 78.3 cm³/mol. The lowest BCUT2D eigenvalue weighted by molar-refractivity contribution is 0.350. The van der Waals surface area contributed by atoms with Crippen LogP contribution in [0.3, 0.4) is 0 Å². The maximum atomic E-state index is 6.38. The van der Waals surface area contributed by atoms with Gasteiger partial charge in [0, 0.05) is 21.5 Å². The van der Waals surface area contributed by atoms with Gasteiger partial charge in [0.15, 0.2) is 11.5 Å². The molecule has 0 saturated heterocycles. The highest BCUT2D eigenvalue weighted by Crippen LogP contribution is 2.48. The molecule has 2 unspecified atom stereocenters. The van der Waals surface area contributed by atoms with Gasteiger partial charge in [0.2, 0.25) is 0 Å². The Kier molecular flexibility index (Phi) is 4.44. The Bertz CT molecular complexity index is 448. The molecular weight excluding hydrogens is 316 g/mol. The first-order valence-electron chi connectivity index (χ1n) is 6.15. The van der Waals surface area contributed by atoms with E-state index in [2.05, 4.69) is 22.9 Å². The van der Waals surface area contributed by atoms with Crippen molar-refractivity contribution >= 4 is 27.5 Å². The van der Waals surface area contributed by atoms with Crippen molar-refractivity contribution in [2.75, 3.05) is 14.2 Å². The molecule has 4 heteroatoms. The SMILES string of the molecule is COc1cc(Cl)c2c(c1OC)C(Br)CC(C)CC2. The molecule has 0 N–H and O–H groups in total. The van der Waals surface area contributed by atoms with Gasteiger partial charge in [-0.3, -0.25) is 0 Å². The van der Waals surface area contributed by atoms with Gasteiger partial charge in [0.25, 0.3) is 0 Å². The number of methoxy groups -OCH3 is 2. The average molecular weight is 334 g/mol. The Morgan fingerprint density at radius 1 is 1.33 bits per heavy atom. The summed E-state index contributed by atoms with van der Waals surface area (Å²) in [7, 11) is 3.32. The molecule has 2 rings (SSSR count). The summed E-state index contributed by atoms with van der Waals surface area (Å²) in [6.07, 6.45) is 3.24. The van der Waals surface area contributed by atoms with E-state index in [0.717, 1.165) is 35.6 Å². The fourth-order valence-corrected chi connectivity index (χ4v) is 4.01. The normalized spacial score (nSPS) is 23.2. The average Bonchev–Trinajstić information content (AvgIpc) is 2.49. The van der Waals surface area contributed by atoms with E-state index >= 15 is 0 Å². The first-order valence-corrected chi connectivity index (χ1v) is 7.45. The molecular formula is C14H18BrClO2. The molecule has 1 aromatic carbocycles. The summed E-state index contributed by atoms with van der Waals surface area (Å²) in [6, 6.07) is 1.86. The number of hydrogen-bond acceptors (Lipinski definition) is 2. The third kappa shape index (κ3) is 2.48. The molecule has 18 heavy (non-hydrogen) atoms. The maximum Gasteiger partial charge on any atom is 0.165 e. The molecule has 100 valence electrons. The number of halogens is 2. The first kappa shape index (κ1) is 14.0. The van der Waals surface area contributed by atoms with Gasteiger partial charge in [-0.05, 0) is 30.7 Å². The van der Waals surface area contributed by atoms with Crippen LogP contribution in [-0.4, -0.2) is 14.2 Å². The second-order valence-corrected chi connectivity index (χ2v) is 6.35.